The number of oxazole rings is 1. The second-order valence-corrected chi connectivity index (χ2v) is 4.83. The molecule has 0 aliphatic rings. The summed E-state index contributed by atoms with van der Waals surface area (Å²) < 4.78 is 24.6. The van der Waals surface area contributed by atoms with Gasteiger partial charge in [-0.15, -0.1) is 0 Å². The van der Waals surface area contributed by atoms with Crippen LogP contribution in [0.4, 0.5) is 4.39 Å². The molecule has 1 aromatic heterocycles. The van der Waals surface area contributed by atoms with Gasteiger partial charge in [0.1, 0.15) is 11.3 Å². The minimum absolute atomic E-state index is 0.0666. The molecule has 3 rings (SSSR count). The maximum absolute atomic E-state index is 14.2. The average Bonchev–Trinajstić information content (AvgIpc) is 2.91. The molecule has 0 N–H and O–H groups in total. The number of aromatic nitrogens is 1. The number of ether oxygens (including phenoxy) is 1. The van der Waals surface area contributed by atoms with Crippen molar-refractivity contribution in [2.75, 3.05) is 7.11 Å². The van der Waals surface area contributed by atoms with Gasteiger partial charge in [0.05, 0.1) is 7.11 Å². The SMILES string of the molecule is COc1ccc(/C=C(\F)c2nc3cc(Cl)ccc3o2)cc1. The van der Waals surface area contributed by atoms with Crippen LogP contribution in [0.5, 0.6) is 5.75 Å². The minimum atomic E-state index is -0.549. The van der Waals surface area contributed by atoms with Gasteiger partial charge in [0.25, 0.3) is 5.89 Å². The highest BCUT2D eigenvalue weighted by Crippen LogP contribution is 2.26. The fourth-order valence-corrected chi connectivity index (χ4v) is 2.08. The molecule has 1 heterocycles. The lowest BCUT2D eigenvalue weighted by Crippen LogP contribution is -1.82. The first-order valence-corrected chi connectivity index (χ1v) is 6.61. The number of fused-ring (bicyclic) bond motifs is 1. The Hall–Kier alpha value is -2.33. The smallest absolute Gasteiger partial charge is 0.256 e. The van der Waals surface area contributed by atoms with E-state index in [0.717, 1.165) is 0 Å². The number of halogens is 2. The molecule has 5 heteroatoms. The first kappa shape index (κ1) is 13.6. The second-order valence-electron chi connectivity index (χ2n) is 4.40. The quantitative estimate of drug-likeness (QED) is 0.686. The Balaban J connectivity index is 1.94. The summed E-state index contributed by atoms with van der Waals surface area (Å²) in [7, 11) is 1.58. The van der Waals surface area contributed by atoms with Crippen LogP contribution in [0, 0.1) is 0 Å². The Kier molecular flexibility index (Phi) is 3.62. The summed E-state index contributed by atoms with van der Waals surface area (Å²) in [6, 6.07) is 12.0. The van der Waals surface area contributed by atoms with Gasteiger partial charge < -0.3 is 9.15 Å². The largest absolute Gasteiger partial charge is 0.497 e. The third-order valence-electron chi connectivity index (χ3n) is 2.96. The lowest BCUT2D eigenvalue weighted by molar-refractivity contribution is 0.415. The normalized spacial score (nSPS) is 11.9. The van der Waals surface area contributed by atoms with E-state index >= 15 is 0 Å². The van der Waals surface area contributed by atoms with Crippen LogP contribution in [0.1, 0.15) is 11.5 Å². The van der Waals surface area contributed by atoms with E-state index in [1.165, 1.54) is 6.08 Å². The summed E-state index contributed by atoms with van der Waals surface area (Å²) in [6.07, 6.45) is 1.35. The Morgan fingerprint density at radius 3 is 2.71 bits per heavy atom. The van der Waals surface area contributed by atoms with E-state index in [9.17, 15) is 4.39 Å². The van der Waals surface area contributed by atoms with E-state index in [1.54, 1.807) is 49.6 Å². The van der Waals surface area contributed by atoms with Crippen LogP contribution in [0.25, 0.3) is 23.0 Å². The number of rotatable bonds is 3. The summed E-state index contributed by atoms with van der Waals surface area (Å²) in [5.41, 5.74) is 1.71. The molecule has 0 aliphatic heterocycles. The van der Waals surface area contributed by atoms with Crippen molar-refractivity contribution in [2.45, 2.75) is 0 Å². The lowest BCUT2D eigenvalue weighted by Gasteiger charge is -1.99. The number of benzene rings is 2. The molecular weight excluding hydrogens is 293 g/mol. The minimum Gasteiger partial charge on any atom is -0.497 e. The van der Waals surface area contributed by atoms with E-state index < -0.39 is 5.83 Å². The summed E-state index contributed by atoms with van der Waals surface area (Å²) in [5, 5.41) is 0.530. The maximum atomic E-state index is 14.2. The molecule has 0 amide bonds. The van der Waals surface area contributed by atoms with Crippen molar-refractivity contribution in [1.29, 1.82) is 0 Å². The Morgan fingerprint density at radius 1 is 1.24 bits per heavy atom. The molecule has 0 radical (unpaired) electrons. The van der Waals surface area contributed by atoms with Gasteiger partial charge in [-0.2, -0.15) is 0 Å². The van der Waals surface area contributed by atoms with Crippen molar-refractivity contribution in [3.63, 3.8) is 0 Å². The molecular formula is C16H11ClFNO2. The average molecular weight is 304 g/mol. The standard InChI is InChI=1S/C16H11ClFNO2/c1-20-12-5-2-10(3-6-12)8-13(18)16-19-14-9-11(17)4-7-15(14)21-16/h2-9H,1H3/b13-8-. The van der Waals surface area contributed by atoms with E-state index in [2.05, 4.69) is 4.98 Å². The zero-order valence-electron chi connectivity index (χ0n) is 11.1. The van der Waals surface area contributed by atoms with E-state index in [0.29, 0.717) is 27.4 Å². The van der Waals surface area contributed by atoms with Gasteiger partial charge in [-0.1, -0.05) is 23.7 Å². The van der Waals surface area contributed by atoms with Crippen molar-refractivity contribution >= 4 is 34.6 Å². The molecule has 21 heavy (non-hydrogen) atoms. The van der Waals surface area contributed by atoms with Crippen molar-refractivity contribution in [3.8, 4) is 5.75 Å². The molecule has 0 saturated carbocycles. The van der Waals surface area contributed by atoms with Gasteiger partial charge >= 0.3 is 0 Å². The first-order valence-electron chi connectivity index (χ1n) is 6.23. The van der Waals surface area contributed by atoms with Crippen molar-refractivity contribution in [1.82, 2.24) is 4.98 Å². The van der Waals surface area contributed by atoms with Crippen LogP contribution >= 0.6 is 11.6 Å². The second kappa shape index (κ2) is 5.58. The maximum Gasteiger partial charge on any atom is 0.256 e. The van der Waals surface area contributed by atoms with Crippen LogP contribution in [0.3, 0.4) is 0 Å². The lowest BCUT2D eigenvalue weighted by atomic mass is 10.2. The van der Waals surface area contributed by atoms with Gasteiger partial charge in [-0.05, 0) is 42.0 Å². The highest BCUT2D eigenvalue weighted by molar-refractivity contribution is 6.31. The van der Waals surface area contributed by atoms with E-state index in [1.807, 2.05) is 0 Å². The molecule has 3 aromatic rings. The zero-order valence-corrected chi connectivity index (χ0v) is 11.9. The van der Waals surface area contributed by atoms with Crippen LogP contribution in [0.2, 0.25) is 5.02 Å². The fraction of sp³-hybridized carbons (Fsp3) is 0.0625. The monoisotopic (exact) mass is 303 g/mol. The summed E-state index contributed by atoms with van der Waals surface area (Å²) >= 11 is 5.86. The molecule has 0 aliphatic carbocycles. The van der Waals surface area contributed by atoms with Gasteiger partial charge in [0, 0.05) is 5.02 Å². The molecule has 106 valence electrons. The van der Waals surface area contributed by atoms with E-state index in [-0.39, 0.29) is 5.89 Å². The summed E-state index contributed by atoms with van der Waals surface area (Å²) in [5.74, 6) is 0.0969. The molecule has 2 aromatic carbocycles. The van der Waals surface area contributed by atoms with Crippen molar-refractivity contribution in [2.24, 2.45) is 0 Å². The topological polar surface area (TPSA) is 35.3 Å². The first-order chi connectivity index (χ1) is 10.2. The van der Waals surface area contributed by atoms with Crippen LogP contribution < -0.4 is 4.74 Å². The summed E-state index contributed by atoms with van der Waals surface area (Å²) in [6.45, 7) is 0. The molecule has 0 unspecified atom stereocenters. The number of nitrogens with zero attached hydrogens (tertiary/aromatic N) is 1. The van der Waals surface area contributed by atoms with Crippen LogP contribution in [-0.2, 0) is 0 Å². The van der Waals surface area contributed by atoms with Crippen molar-refractivity contribution in [3.05, 3.63) is 58.9 Å². The summed E-state index contributed by atoms with van der Waals surface area (Å²) in [4.78, 5) is 4.08. The third kappa shape index (κ3) is 2.90. The number of methoxy groups -OCH3 is 1. The predicted octanol–water partition coefficient (Wildman–Crippen LogP) is 4.96. The molecule has 0 fully saturated rings. The number of hydrogen-bond acceptors (Lipinski definition) is 3. The van der Waals surface area contributed by atoms with E-state index in [4.69, 9.17) is 20.8 Å². The Labute approximate surface area is 125 Å². The molecule has 0 spiro atoms. The van der Waals surface area contributed by atoms with Gasteiger partial charge in [0.15, 0.2) is 11.4 Å². The van der Waals surface area contributed by atoms with Gasteiger partial charge in [0.2, 0.25) is 0 Å². The molecule has 0 bridgehead atoms. The highest BCUT2D eigenvalue weighted by Gasteiger charge is 2.11. The van der Waals surface area contributed by atoms with Gasteiger partial charge in [-0.25, -0.2) is 9.37 Å². The Morgan fingerprint density at radius 2 is 2.00 bits per heavy atom. The molecule has 0 atom stereocenters. The third-order valence-corrected chi connectivity index (χ3v) is 3.20. The van der Waals surface area contributed by atoms with Crippen LogP contribution in [-0.4, -0.2) is 12.1 Å². The van der Waals surface area contributed by atoms with Crippen molar-refractivity contribution < 1.29 is 13.5 Å². The van der Waals surface area contributed by atoms with Crippen LogP contribution in [0.15, 0.2) is 46.9 Å². The highest BCUT2D eigenvalue weighted by atomic mass is 35.5. The van der Waals surface area contributed by atoms with Gasteiger partial charge in [-0.3, -0.25) is 0 Å². The predicted molar refractivity (Wildman–Crippen MR) is 81.0 cm³/mol. The number of hydrogen-bond donors (Lipinski definition) is 0. The fourth-order valence-electron chi connectivity index (χ4n) is 1.91. The Bertz CT molecular complexity index is 809. The zero-order chi connectivity index (χ0) is 14.8. The molecule has 3 nitrogen and oxygen atoms in total. The molecule has 0 saturated heterocycles.